The van der Waals surface area contributed by atoms with E-state index in [0.29, 0.717) is 23.0 Å². The van der Waals surface area contributed by atoms with Crippen LogP contribution in [0.2, 0.25) is 0 Å². The fourth-order valence-corrected chi connectivity index (χ4v) is 9.29. The third-order valence-electron chi connectivity index (χ3n) is 9.20. The van der Waals surface area contributed by atoms with Gasteiger partial charge in [-0.1, -0.05) is 48.5 Å². The molecule has 1 aromatic heterocycles. The van der Waals surface area contributed by atoms with Crippen molar-refractivity contribution in [3.63, 3.8) is 0 Å². The molecule has 0 amide bonds. The highest BCUT2D eigenvalue weighted by atomic mass is 32.2. The zero-order valence-corrected chi connectivity index (χ0v) is 35.8. The van der Waals surface area contributed by atoms with Crippen molar-refractivity contribution in [3.8, 4) is 0 Å². The average molecular weight is 949 g/mol. The average Bonchev–Trinajstić information content (AvgIpc) is 3.22. The molecule has 7 rings (SSSR count). The van der Waals surface area contributed by atoms with Crippen molar-refractivity contribution in [1.82, 2.24) is 15.0 Å². The minimum atomic E-state index is -4.85. The molecule has 1 heterocycles. The summed E-state index contributed by atoms with van der Waals surface area (Å²) in [6, 6.07) is 24.8. The van der Waals surface area contributed by atoms with Gasteiger partial charge in [-0.05, 0) is 71.8 Å². The maximum Gasteiger partial charge on any atom is 0.295 e. The van der Waals surface area contributed by atoms with Gasteiger partial charge in [-0.3, -0.25) is 18.2 Å². The monoisotopic (exact) mass is 948 g/mol. The van der Waals surface area contributed by atoms with E-state index in [1.165, 1.54) is 36.4 Å². The van der Waals surface area contributed by atoms with Crippen LogP contribution in [0.3, 0.4) is 0 Å². The molecule has 330 valence electrons. The summed E-state index contributed by atoms with van der Waals surface area (Å²) in [6.45, 7) is -0.0408. The molecule has 0 radical (unpaired) electrons. The maximum absolute atomic E-state index is 12.2. The van der Waals surface area contributed by atoms with Crippen molar-refractivity contribution in [2.24, 2.45) is 20.5 Å². The van der Waals surface area contributed by atoms with Crippen LogP contribution in [0.4, 0.5) is 28.7 Å². The molecular weight excluding hydrogens is 917 g/mol. The Morgan fingerprint density at radius 2 is 0.812 bits per heavy atom. The highest BCUT2D eigenvalue weighted by Gasteiger charge is 2.23. The van der Waals surface area contributed by atoms with E-state index in [1.54, 1.807) is 48.5 Å². The molecular formula is C39H32N8O13S4. The predicted octanol–water partition coefficient (Wildman–Crippen LogP) is 6.58. The Labute approximate surface area is 364 Å². The summed E-state index contributed by atoms with van der Waals surface area (Å²) in [4.78, 5) is 11.1. The summed E-state index contributed by atoms with van der Waals surface area (Å²) in [6.07, 6.45) is 0.446. The van der Waals surface area contributed by atoms with Gasteiger partial charge in [0.25, 0.3) is 40.5 Å². The number of nitrogens with one attached hydrogen (secondary N) is 1. The molecule has 6 aromatic carbocycles. The topological polar surface area (TPSA) is 338 Å². The van der Waals surface area contributed by atoms with E-state index in [2.05, 4.69) is 40.7 Å². The van der Waals surface area contributed by atoms with Gasteiger partial charge in [-0.25, -0.2) is 4.98 Å². The third kappa shape index (κ3) is 10.8. The standard InChI is InChI=1S/C39H32N8O13S4/c48-16-15-40-39-42-37(17-23-7-11-25(12-8-23)44-46-27-19-31-29(35(21-27)63(55,56)57)3-1-5-33(31)61(49,50)51)41-38(43-39)18-24-9-13-26(14-10-24)45-47-28-20-32-30(36(22-28)64(58,59)60)4-2-6-34(32)62(52,53)54/h1-14,19-22,48H,15-18H2,(H,49,50,51)(H,52,53,54)(H,55,56,57)(H,58,59,60)(H,40,41,42,43). The van der Waals surface area contributed by atoms with Crippen LogP contribution >= 0.6 is 0 Å². The second kappa shape index (κ2) is 17.9. The van der Waals surface area contributed by atoms with Crippen LogP contribution in [-0.2, 0) is 53.3 Å². The summed E-state index contributed by atoms with van der Waals surface area (Å²) in [5, 5.41) is 27.9. The number of aliphatic hydroxyl groups is 1. The van der Waals surface area contributed by atoms with Crippen molar-refractivity contribution in [2.45, 2.75) is 32.4 Å². The first-order chi connectivity index (χ1) is 30.2. The van der Waals surface area contributed by atoms with Gasteiger partial charge in [0.15, 0.2) is 0 Å². The largest absolute Gasteiger partial charge is 0.395 e. The molecule has 0 aliphatic rings. The summed E-state index contributed by atoms with van der Waals surface area (Å²) in [7, 11) is -19.3. The zero-order chi connectivity index (χ0) is 46.0. The Kier molecular flexibility index (Phi) is 12.7. The van der Waals surface area contributed by atoms with Gasteiger partial charge in [0, 0.05) is 40.9 Å². The molecule has 0 saturated heterocycles. The molecule has 0 atom stereocenters. The van der Waals surface area contributed by atoms with Gasteiger partial charge in [-0.2, -0.15) is 64.1 Å². The van der Waals surface area contributed by atoms with E-state index < -0.39 is 60.1 Å². The molecule has 0 spiro atoms. The second-order valence-electron chi connectivity index (χ2n) is 13.7. The van der Waals surface area contributed by atoms with E-state index in [0.717, 1.165) is 35.4 Å². The minimum absolute atomic E-state index is 0.128. The lowest BCUT2D eigenvalue weighted by molar-refractivity contribution is 0.310. The fraction of sp³-hybridized carbons (Fsp3) is 0.103. The van der Waals surface area contributed by atoms with Gasteiger partial charge < -0.3 is 10.4 Å². The Morgan fingerprint density at radius 3 is 1.17 bits per heavy atom. The highest BCUT2D eigenvalue weighted by Crippen LogP contribution is 2.35. The quantitative estimate of drug-likeness (QED) is 0.0467. The first-order valence-electron chi connectivity index (χ1n) is 18.3. The van der Waals surface area contributed by atoms with Gasteiger partial charge in [-0.15, -0.1) is 0 Å². The molecule has 25 heteroatoms. The minimum Gasteiger partial charge on any atom is -0.395 e. The van der Waals surface area contributed by atoms with Crippen molar-refractivity contribution in [1.29, 1.82) is 0 Å². The number of rotatable bonds is 15. The normalized spacial score (nSPS) is 12.8. The van der Waals surface area contributed by atoms with E-state index in [9.17, 15) is 57.0 Å². The van der Waals surface area contributed by atoms with Crippen LogP contribution in [0.1, 0.15) is 22.8 Å². The first kappa shape index (κ1) is 45.5. The number of anilines is 1. The fourth-order valence-electron chi connectivity index (χ4n) is 6.44. The Hall–Kier alpha value is -6.55. The lowest BCUT2D eigenvalue weighted by atomic mass is 10.1. The summed E-state index contributed by atoms with van der Waals surface area (Å²) >= 11 is 0. The number of fused-ring (bicyclic) bond motifs is 2. The summed E-state index contributed by atoms with van der Waals surface area (Å²) < 4.78 is 136. The van der Waals surface area contributed by atoms with Crippen LogP contribution < -0.4 is 5.32 Å². The molecule has 0 unspecified atom stereocenters. The number of hydrogen-bond acceptors (Lipinski definition) is 17. The second-order valence-corrected chi connectivity index (χ2v) is 19.3. The van der Waals surface area contributed by atoms with E-state index in [1.807, 2.05) is 0 Å². The number of nitrogens with zero attached hydrogens (tertiary/aromatic N) is 7. The lowest BCUT2D eigenvalue weighted by Crippen LogP contribution is -2.13. The van der Waals surface area contributed by atoms with E-state index in [4.69, 9.17) is 0 Å². The molecule has 21 nitrogen and oxygen atoms in total. The van der Waals surface area contributed by atoms with Crippen LogP contribution in [0.15, 0.2) is 149 Å². The maximum atomic E-state index is 12.2. The van der Waals surface area contributed by atoms with Crippen molar-refractivity contribution < 1.29 is 57.0 Å². The first-order valence-corrected chi connectivity index (χ1v) is 24.1. The molecule has 64 heavy (non-hydrogen) atoms. The molecule has 0 saturated carbocycles. The van der Waals surface area contributed by atoms with Gasteiger partial charge in [0.2, 0.25) is 5.95 Å². The number of aromatic nitrogens is 3. The van der Waals surface area contributed by atoms with Crippen LogP contribution in [0.25, 0.3) is 21.5 Å². The lowest BCUT2D eigenvalue weighted by Gasteiger charge is -2.09. The number of aliphatic hydroxyl groups excluding tert-OH is 1. The van der Waals surface area contributed by atoms with Crippen LogP contribution in [0.5, 0.6) is 0 Å². The van der Waals surface area contributed by atoms with Crippen LogP contribution in [-0.4, -0.2) is 85.1 Å². The van der Waals surface area contributed by atoms with E-state index in [-0.39, 0.29) is 64.9 Å². The number of azo groups is 2. The molecule has 0 fully saturated rings. The Morgan fingerprint density at radius 1 is 0.438 bits per heavy atom. The third-order valence-corrected chi connectivity index (χ3v) is 12.8. The SMILES string of the molecule is O=S(=O)(O)c1cc(N=Nc2ccc(Cc3nc(Cc4ccc(N=Nc5cc(S(=O)(=O)O)c6cccc(S(=O)(=O)O)c6c5)cc4)nc(NCCO)n3)cc2)cc2c(S(=O)(=O)O)cccc12. The number of hydrogen-bond donors (Lipinski definition) is 6. The van der Waals surface area contributed by atoms with Crippen molar-refractivity contribution >= 4 is 90.7 Å². The zero-order valence-electron chi connectivity index (χ0n) is 32.5. The molecule has 0 bridgehead atoms. The predicted molar refractivity (Wildman–Crippen MR) is 229 cm³/mol. The Bertz CT molecular complexity index is 3260. The van der Waals surface area contributed by atoms with Gasteiger partial charge >= 0.3 is 0 Å². The van der Waals surface area contributed by atoms with Gasteiger partial charge in [0.05, 0.1) is 29.4 Å². The molecule has 7 aromatic rings. The van der Waals surface area contributed by atoms with E-state index >= 15 is 0 Å². The van der Waals surface area contributed by atoms with Crippen molar-refractivity contribution in [3.05, 3.63) is 132 Å². The Balaban J connectivity index is 1.09. The molecule has 6 N–H and O–H groups in total. The van der Waals surface area contributed by atoms with Gasteiger partial charge in [0.1, 0.15) is 31.2 Å². The molecule has 0 aliphatic heterocycles. The summed E-state index contributed by atoms with van der Waals surface area (Å²) in [5.41, 5.74) is 1.85. The van der Waals surface area contributed by atoms with Crippen molar-refractivity contribution in [2.75, 3.05) is 18.5 Å². The molecule has 0 aliphatic carbocycles. The van der Waals surface area contributed by atoms with Crippen LogP contribution in [0, 0.1) is 0 Å². The highest BCUT2D eigenvalue weighted by molar-refractivity contribution is 7.87. The number of benzene rings is 6. The smallest absolute Gasteiger partial charge is 0.295 e. The summed E-state index contributed by atoms with van der Waals surface area (Å²) in [5.74, 6) is 0.940.